The van der Waals surface area contributed by atoms with Crippen molar-refractivity contribution in [3.8, 4) is 17.1 Å². The van der Waals surface area contributed by atoms with Crippen LogP contribution in [0.1, 0.15) is 44.4 Å². The van der Waals surface area contributed by atoms with Gasteiger partial charge >= 0.3 is 5.97 Å². The van der Waals surface area contributed by atoms with Crippen LogP contribution in [0.5, 0.6) is 5.75 Å². The second kappa shape index (κ2) is 11.6. The molecule has 6 rings (SSSR count). The highest BCUT2D eigenvalue weighted by Gasteiger charge is 2.33. The number of H-pyrrole nitrogens is 2. The molecular weight excluding hydrogens is 608 g/mol. The number of rotatable bonds is 7. The molecule has 4 aromatic carbocycles. The molecule has 2 N–H and O–H groups in total. The summed E-state index contributed by atoms with van der Waals surface area (Å²) in [5.41, 5.74) is 3.45. The van der Waals surface area contributed by atoms with Crippen LogP contribution >= 0.6 is 15.9 Å². The van der Waals surface area contributed by atoms with Gasteiger partial charge in [-0.1, -0.05) is 76.6 Å². The van der Waals surface area contributed by atoms with E-state index in [4.69, 9.17) is 4.74 Å². The minimum absolute atomic E-state index is 0.245. The number of hydrogen-bond donors (Lipinski definition) is 2. The van der Waals surface area contributed by atoms with Crippen LogP contribution in [-0.4, -0.2) is 25.5 Å². The summed E-state index contributed by atoms with van der Waals surface area (Å²) < 4.78 is 9.62. The molecule has 0 saturated heterocycles. The first kappa shape index (κ1) is 28.0. The summed E-state index contributed by atoms with van der Waals surface area (Å²) in [4.78, 5) is 41.6. The van der Waals surface area contributed by atoms with Gasteiger partial charge in [0.1, 0.15) is 5.75 Å². The number of halogens is 1. The van der Waals surface area contributed by atoms with E-state index in [0.29, 0.717) is 45.0 Å². The summed E-state index contributed by atoms with van der Waals surface area (Å²) in [7, 11) is 0. The van der Waals surface area contributed by atoms with Crippen molar-refractivity contribution in [2.75, 3.05) is 0 Å². The molecule has 0 spiro atoms. The van der Waals surface area contributed by atoms with Gasteiger partial charge in [0.05, 0.1) is 34.0 Å². The minimum atomic E-state index is -0.867. The average Bonchev–Trinajstić information content (AvgIpc) is 3.49. The molecular formula is C34H27BrN4O4. The van der Waals surface area contributed by atoms with Gasteiger partial charge in [-0.2, -0.15) is 0 Å². The van der Waals surface area contributed by atoms with Crippen molar-refractivity contribution in [2.45, 2.75) is 19.8 Å². The molecule has 0 bridgehead atoms. The first-order chi connectivity index (χ1) is 20.8. The highest BCUT2D eigenvalue weighted by Crippen LogP contribution is 2.37. The van der Waals surface area contributed by atoms with Crippen LogP contribution in [0, 0.1) is 13.8 Å². The Morgan fingerprint density at radius 3 is 1.74 bits per heavy atom. The number of carbonyl (C=O) groups is 1. The van der Waals surface area contributed by atoms with Crippen LogP contribution in [0.3, 0.4) is 0 Å². The van der Waals surface area contributed by atoms with E-state index in [1.54, 1.807) is 56.3 Å². The van der Waals surface area contributed by atoms with Gasteiger partial charge in [0, 0.05) is 21.4 Å². The molecule has 0 atom stereocenters. The first-order valence-corrected chi connectivity index (χ1v) is 14.4. The van der Waals surface area contributed by atoms with E-state index in [-0.39, 0.29) is 16.9 Å². The van der Waals surface area contributed by atoms with Gasteiger partial charge in [0.25, 0.3) is 11.1 Å². The van der Waals surface area contributed by atoms with Gasteiger partial charge in [0.2, 0.25) is 0 Å². The molecule has 9 heteroatoms. The number of nitrogens with one attached hydrogen (secondary N) is 2. The molecule has 0 unspecified atom stereocenters. The fraction of sp³-hybridized carbons (Fsp3) is 0.0882. The number of para-hydroxylation sites is 3. The van der Waals surface area contributed by atoms with E-state index >= 15 is 0 Å². The van der Waals surface area contributed by atoms with Crippen molar-refractivity contribution in [1.29, 1.82) is 0 Å². The molecule has 0 aliphatic rings. The van der Waals surface area contributed by atoms with Crippen molar-refractivity contribution < 1.29 is 9.53 Å². The number of aromatic nitrogens is 4. The third-order valence-corrected chi connectivity index (χ3v) is 7.83. The van der Waals surface area contributed by atoms with Gasteiger partial charge in [-0.3, -0.25) is 19.8 Å². The summed E-state index contributed by atoms with van der Waals surface area (Å²) in [6.07, 6.45) is 0. The maximum atomic E-state index is 14.2. The third kappa shape index (κ3) is 5.30. The molecule has 0 aliphatic carbocycles. The Morgan fingerprint density at radius 2 is 1.21 bits per heavy atom. The molecule has 2 heterocycles. The monoisotopic (exact) mass is 634 g/mol. The first-order valence-electron chi connectivity index (χ1n) is 13.6. The van der Waals surface area contributed by atoms with Crippen LogP contribution < -0.4 is 15.9 Å². The predicted molar refractivity (Wildman–Crippen MR) is 169 cm³/mol. The Balaban J connectivity index is 1.57. The summed E-state index contributed by atoms with van der Waals surface area (Å²) in [5, 5.41) is 6.38. The summed E-state index contributed by atoms with van der Waals surface area (Å²) >= 11 is 3.40. The van der Waals surface area contributed by atoms with Crippen molar-refractivity contribution in [3.05, 3.63) is 168 Å². The van der Waals surface area contributed by atoms with Crippen LogP contribution in [0.15, 0.2) is 123 Å². The molecule has 0 fully saturated rings. The van der Waals surface area contributed by atoms with Gasteiger partial charge in [-0.15, -0.1) is 0 Å². The highest BCUT2D eigenvalue weighted by atomic mass is 79.9. The number of hydrogen-bond acceptors (Lipinski definition) is 4. The molecule has 43 heavy (non-hydrogen) atoms. The van der Waals surface area contributed by atoms with Crippen LogP contribution in [0.25, 0.3) is 11.4 Å². The normalized spacial score (nSPS) is 11.2. The van der Waals surface area contributed by atoms with Gasteiger partial charge in [-0.25, -0.2) is 14.2 Å². The fourth-order valence-electron chi connectivity index (χ4n) is 5.36. The number of ether oxygens (including phenoxy) is 1. The predicted octanol–water partition coefficient (Wildman–Crippen LogP) is 6.42. The zero-order valence-electron chi connectivity index (χ0n) is 23.4. The van der Waals surface area contributed by atoms with E-state index in [1.807, 2.05) is 66.7 Å². The Morgan fingerprint density at radius 1 is 0.698 bits per heavy atom. The van der Waals surface area contributed by atoms with Gasteiger partial charge in [0.15, 0.2) is 0 Å². The summed E-state index contributed by atoms with van der Waals surface area (Å²) in [6.45, 7) is 3.61. The lowest BCUT2D eigenvalue weighted by Crippen LogP contribution is -2.26. The Hall–Kier alpha value is -5.15. The Kier molecular flexibility index (Phi) is 7.56. The van der Waals surface area contributed by atoms with Crippen LogP contribution in [0.2, 0.25) is 0 Å². The Labute approximate surface area is 255 Å². The quantitative estimate of drug-likeness (QED) is 0.156. The second-order valence-corrected chi connectivity index (χ2v) is 11.0. The number of nitrogens with zero attached hydrogens (tertiary/aromatic N) is 2. The standard InChI is InChI=1S/C34H27BrN4O4/c1-21-29(32(40)38(36-21)25-14-5-3-6-15-25)31(30-22(2)37-39(33(30)41)26-16-7-4-8-17-26)27-18-9-10-19-28(27)43-34(42)23-12-11-13-24(35)20-23/h3-20,31,36-37H,1-2H3. The number of esters is 1. The molecule has 214 valence electrons. The third-order valence-electron chi connectivity index (χ3n) is 7.33. The molecule has 2 aromatic heterocycles. The zero-order valence-corrected chi connectivity index (χ0v) is 25.0. The molecule has 8 nitrogen and oxygen atoms in total. The average molecular weight is 636 g/mol. The SMILES string of the molecule is Cc1[nH]n(-c2ccccc2)c(=O)c1C(c1ccccc1OC(=O)c1cccc(Br)c1)c1c(C)[nH]n(-c2ccccc2)c1=O. The molecule has 0 aliphatic heterocycles. The van der Waals surface area contributed by atoms with Crippen LogP contribution in [0.4, 0.5) is 0 Å². The van der Waals surface area contributed by atoms with Crippen molar-refractivity contribution in [1.82, 2.24) is 19.6 Å². The smallest absolute Gasteiger partial charge is 0.343 e. The van der Waals surface area contributed by atoms with E-state index in [2.05, 4.69) is 26.1 Å². The number of aryl methyl sites for hydroxylation is 2. The molecule has 0 radical (unpaired) electrons. The Bertz CT molecular complexity index is 1960. The molecule has 6 aromatic rings. The van der Waals surface area contributed by atoms with Crippen LogP contribution in [-0.2, 0) is 0 Å². The lowest BCUT2D eigenvalue weighted by Gasteiger charge is -2.19. The van der Waals surface area contributed by atoms with E-state index in [9.17, 15) is 14.4 Å². The summed E-state index contributed by atoms with van der Waals surface area (Å²) in [5.74, 6) is -1.18. The number of carbonyl (C=O) groups excluding carboxylic acids is 1. The maximum absolute atomic E-state index is 14.2. The van der Waals surface area contributed by atoms with Gasteiger partial charge < -0.3 is 4.74 Å². The van der Waals surface area contributed by atoms with E-state index < -0.39 is 11.9 Å². The zero-order chi connectivity index (χ0) is 30.1. The second-order valence-electron chi connectivity index (χ2n) is 10.1. The molecule has 0 saturated carbocycles. The maximum Gasteiger partial charge on any atom is 0.343 e. The lowest BCUT2D eigenvalue weighted by molar-refractivity contribution is 0.0733. The van der Waals surface area contributed by atoms with Crippen molar-refractivity contribution in [3.63, 3.8) is 0 Å². The van der Waals surface area contributed by atoms with E-state index in [1.165, 1.54) is 9.36 Å². The highest BCUT2D eigenvalue weighted by molar-refractivity contribution is 9.10. The summed E-state index contributed by atoms with van der Waals surface area (Å²) in [6, 6.07) is 32.4. The molecule has 0 amide bonds. The van der Waals surface area contributed by atoms with Crippen molar-refractivity contribution in [2.24, 2.45) is 0 Å². The fourth-order valence-corrected chi connectivity index (χ4v) is 5.76. The lowest BCUT2D eigenvalue weighted by atomic mass is 9.84. The number of benzene rings is 4. The minimum Gasteiger partial charge on any atom is -0.423 e. The van der Waals surface area contributed by atoms with Gasteiger partial charge in [-0.05, 0) is 62.4 Å². The van der Waals surface area contributed by atoms with Crippen molar-refractivity contribution >= 4 is 21.9 Å². The van der Waals surface area contributed by atoms with E-state index in [0.717, 1.165) is 4.47 Å². The largest absolute Gasteiger partial charge is 0.423 e. The topological polar surface area (TPSA) is 102 Å². The number of aromatic amines is 2.